The van der Waals surface area contributed by atoms with E-state index < -0.39 is 17.2 Å². The van der Waals surface area contributed by atoms with Gasteiger partial charge in [-0.1, -0.05) is 38.1 Å². The minimum Gasteiger partial charge on any atom is -0.355 e. The minimum atomic E-state index is -4.34. The first-order valence-electron chi connectivity index (χ1n) is 9.03. The monoisotopic (exact) mass is 389 g/mol. The highest BCUT2D eigenvalue weighted by atomic mass is 19.4. The van der Waals surface area contributed by atoms with Gasteiger partial charge in [0.2, 0.25) is 5.91 Å². The quantitative estimate of drug-likeness (QED) is 0.652. The predicted molar refractivity (Wildman–Crippen MR) is 102 cm³/mol. The molecule has 0 saturated carbocycles. The fourth-order valence-corrected chi connectivity index (χ4v) is 3.01. The number of rotatable bonds is 6. The lowest BCUT2D eigenvalue weighted by atomic mass is 9.88. The van der Waals surface area contributed by atoms with Crippen LogP contribution >= 0.6 is 0 Å². The standard InChI is InChI=1S/C21H22F3N3O/c1-20(2,13-18-26-16-5-3-4-6-17(16)27-18)19(28)25-12-11-14-7-9-15(10-8-14)21(22,23)24/h3-10H,11-13H2,1-2H3,(H,25,28)(H,26,27). The highest BCUT2D eigenvalue weighted by Crippen LogP contribution is 2.29. The third-order valence-corrected chi connectivity index (χ3v) is 4.64. The van der Waals surface area contributed by atoms with Crippen molar-refractivity contribution in [3.05, 3.63) is 65.5 Å². The third kappa shape index (κ3) is 4.71. The Morgan fingerprint density at radius 2 is 1.75 bits per heavy atom. The molecule has 3 rings (SSSR count). The van der Waals surface area contributed by atoms with Crippen LogP contribution < -0.4 is 5.32 Å². The van der Waals surface area contributed by atoms with Crippen LogP contribution in [0.15, 0.2) is 48.5 Å². The van der Waals surface area contributed by atoms with Crippen LogP contribution in [0.25, 0.3) is 11.0 Å². The number of carbonyl (C=O) groups excluding carboxylic acids is 1. The van der Waals surface area contributed by atoms with Gasteiger partial charge in [-0.05, 0) is 36.2 Å². The summed E-state index contributed by atoms with van der Waals surface area (Å²) in [5, 5.41) is 2.87. The molecule has 0 bridgehead atoms. The molecule has 148 valence electrons. The Hall–Kier alpha value is -2.83. The van der Waals surface area contributed by atoms with Crippen molar-refractivity contribution in [3.8, 4) is 0 Å². The number of benzene rings is 2. The first-order valence-corrected chi connectivity index (χ1v) is 9.03. The third-order valence-electron chi connectivity index (χ3n) is 4.64. The number of nitrogens with one attached hydrogen (secondary N) is 2. The van der Waals surface area contributed by atoms with Crippen molar-refractivity contribution in [1.29, 1.82) is 0 Å². The average Bonchev–Trinajstić information content (AvgIpc) is 3.02. The molecule has 0 atom stereocenters. The molecular weight excluding hydrogens is 367 g/mol. The number of hydrogen-bond acceptors (Lipinski definition) is 2. The topological polar surface area (TPSA) is 57.8 Å². The molecule has 1 amide bonds. The smallest absolute Gasteiger partial charge is 0.355 e. The summed E-state index contributed by atoms with van der Waals surface area (Å²) in [6.07, 6.45) is -3.42. The number of fused-ring (bicyclic) bond motifs is 1. The summed E-state index contributed by atoms with van der Waals surface area (Å²) in [6.45, 7) is 4.04. The summed E-state index contributed by atoms with van der Waals surface area (Å²) in [6, 6.07) is 12.7. The van der Waals surface area contributed by atoms with E-state index in [2.05, 4.69) is 15.3 Å². The number of aromatic nitrogens is 2. The molecule has 0 unspecified atom stereocenters. The van der Waals surface area contributed by atoms with E-state index in [1.807, 2.05) is 38.1 Å². The number of imidazole rings is 1. The zero-order valence-corrected chi connectivity index (χ0v) is 15.7. The zero-order valence-electron chi connectivity index (χ0n) is 15.7. The minimum absolute atomic E-state index is 0.125. The Kier molecular flexibility index (Phi) is 5.45. The van der Waals surface area contributed by atoms with Crippen LogP contribution in [0.3, 0.4) is 0 Å². The van der Waals surface area contributed by atoms with Gasteiger partial charge >= 0.3 is 6.18 Å². The lowest BCUT2D eigenvalue weighted by Gasteiger charge is -2.22. The SMILES string of the molecule is CC(C)(Cc1nc2ccccc2[nH]1)C(=O)NCCc1ccc(C(F)(F)F)cc1. The highest BCUT2D eigenvalue weighted by Gasteiger charge is 2.30. The van der Waals surface area contributed by atoms with Crippen molar-refractivity contribution in [1.82, 2.24) is 15.3 Å². The number of alkyl halides is 3. The van der Waals surface area contributed by atoms with Crippen LogP contribution in [0.5, 0.6) is 0 Å². The maximum Gasteiger partial charge on any atom is 0.416 e. The molecule has 0 saturated heterocycles. The number of para-hydroxylation sites is 2. The summed E-state index contributed by atoms with van der Waals surface area (Å²) in [7, 11) is 0. The molecule has 2 N–H and O–H groups in total. The second kappa shape index (κ2) is 7.66. The number of halogens is 3. The van der Waals surface area contributed by atoms with Crippen LogP contribution in [0.4, 0.5) is 13.2 Å². The first-order chi connectivity index (χ1) is 13.1. The van der Waals surface area contributed by atoms with Crippen molar-refractivity contribution >= 4 is 16.9 Å². The van der Waals surface area contributed by atoms with Crippen molar-refractivity contribution in [3.63, 3.8) is 0 Å². The van der Waals surface area contributed by atoms with E-state index in [0.717, 1.165) is 34.6 Å². The van der Waals surface area contributed by atoms with E-state index >= 15 is 0 Å². The van der Waals surface area contributed by atoms with Gasteiger partial charge in [-0.3, -0.25) is 4.79 Å². The second-order valence-corrected chi connectivity index (χ2v) is 7.46. The van der Waals surface area contributed by atoms with Gasteiger partial charge in [0.15, 0.2) is 0 Å². The highest BCUT2D eigenvalue weighted by molar-refractivity contribution is 5.82. The fourth-order valence-electron chi connectivity index (χ4n) is 3.01. The number of H-pyrrole nitrogens is 1. The summed E-state index contributed by atoms with van der Waals surface area (Å²) in [4.78, 5) is 20.3. The molecule has 1 aromatic heterocycles. The van der Waals surface area contributed by atoms with Gasteiger partial charge in [-0.2, -0.15) is 13.2 Å². The van der Waals surface area contributed by atoms with E-state index in [0.29, 0.717) is 19.4 Å². The molecule has 0 aliphatic carbocycles. The number of hydrogen-bond donors (Lipinski definition) is 2. The van der Waals surface area contributed by atoms with Gasteiger partial charge in [-0.15, -0.1) is 0 Å². The molecule has 7 heteroatoms. The van der Waals surface area contributed by atoms with Crippen molar-refractivity contribution in [2.75, 3.05) is 6.54 Å². The Balaban J connectivity index is 1.54. The van der Waals surface area contributed by atoms with Gasteiger partial charge in [-0.25, -0.2) is 4.98 Å². The zero-order chi connectivity index (χ0) is 20.4. The first kappa shape index (κ1) is 19.9. The Morgan fingerprint density at radius 3 is 2.39 bits per heavy atom. The molecule has 0 radical (unpaired) electrons. The molecule has 28 heavy (non-hydrogen) atoms. The van der Waals surface area contributed by atoms with E-state index in [1.165, 1.54) is 12.1 Å². The maximum absolute atomic E-state index is 12.6. The van der Waals surface area contributed by atoms with Crippen LogP contribution in [0.1, 0.15) is 30.8 Å². The molecule has 4 nitrogen and oxygen atoms in total. The van der Waals surface area contributed by atoms with Crippen molar-refractivity contribution in [2.45, 2.75) is 32.9 Å². The summed E-state index contributed by atoms with van der Waals surface area (Å²) in [5.41, 5.74) is 1.18. The molecule has 2 aromatic carbocycles. The van der Waals surface area contributed by atoms with Gasteiger partial charge in [0.25, 0.3) is 0 Å². The van der Waals surface area contributed by atoms with E-state index in [4.69, 9.17) is 0 Å². The largest absolute Gasteiger partial charge is 0.416 e. The molecule has 0 spiro atoms. The van der Waals surface area contributed by atoms with Gasteiger partial charge in [0.05, 0.1) is 22.0 Å². The van der Waals surface area contributed by atoms with Crippen LogP contribution in [-0.2, 0) is 23.8 Å². The molecular formula is C21H22F3N3O. The molecule has 1 heterocycles. The lowest BCUT2D eigenvalue weighted by Crippen LogP contribution is -2.39. The van der Waals surface area contributed by atoms with Gasteiger partial charge in [0, 0.05) is 13.0 Å². The number of nitrogens with zero attached hydrogens (tertiary/aromatic N) is 1. The maximum atomic E-state index is 12.6. The Morgan fingerprint density at radius 1 is 1.07 bits per heavy atom. The summed E-state index contributed by atoms with van der Waals surface area (Å²) < 4.78 is 37.8. The fraction of sp³-hybridized carbons (Fsp3) is 0.333. The van der Waals surface area contributed by atoms with Crippen molar-refractivity contribution in [2.24, 2.45) is 5.41 Å². The van der Waals surface area contributed by atoms with E-state index in [-0.39, 0.29) is 5.91 Å². The number of carbonyl (C=O) groups is 1. The average molecular weight is 389 g/mol. The van der Waals surface area contributed by atoms with Crippen LogP contribution in [0, 0.1) is 5.41 Å². The summed E-state index contributed by atoms with van der Waals surface area (Å²) >= 11 is 0. The Bertz CT molecular complexity index is 926. The second-order valence-electron chi connectivity index (χ2n) is 7.46. The molecule has 3 aromatic rings. The number of aromatic amines is 1. The van der Waals surface area contributed by atoms with Crippen LogP contribution in [0.2, 0.25) is 0 Å². The number of amides is 1. The Labute approximate surface area is 161 Å². The summed E-state index contributed by atoms with van der Waals surface area (Å²) in [5.74, 6) is 0.615. The van der Waals surface area contributed by atoms with E-state index in [1.54, 1.807) is 0 Å². The normalized spacial score (nSPS) is 12.3. The van der Waals surface area contributed by atoms with Crippen molar-refractivity contribution < 1.29 is 18.0 Å². The molecule has 0 aliphatic rings. The van der Waals surface area contributed by atoms with Gasteiger partial charge < -0.3 is 10.3 Å². The predicted octanol–water partition coefficient (Wildman–Crippen LogP) is 4.51. The molecule has 0 aliphatic heterocycles. The lowest BCUT2D eigenvalue weighted by molar-refractivity contribution is -0.137. The molecule has 0 fully saturated rings. The van der Waals surface area contributed by atoms with Gasteiger partial charge in [0.1, 0.15) is 5.82 Å². The van der Waals surface area contributed by atoms with Crippen LogP contribution in [-0.4, -0.2) is 22.4 Å². The van der Waals surface area contributed by atoms with E-state index in [9.17, 15) is 18.0 Å².